The summed E-state index contributed by atoms with van der Waals surface area (Å²) in [6.45, 7) is 32.1. The molecule has 324 valence electrons. The summed E-state index contributed by atoms with van der Waals surface area (Å²) in [5, 5.41) is 17.2. The van der Waals surface area contributed by atoms with Crippen LogP contribution in [0.5, 0.6) is 0 Å². The lowest BCUT2D eigenvalue weighted by Crippen LogP contribution is -2.25. The highest BCUT2D eigenvalue weighted by Crippen LogP contribution is 2.24. The second kappa shape index (κ2) is 26.6. The van der Waals surface area contributed by atoms with Crippen molar-refractivity contribution in [2.24, 2.45) is 0 Å². The quantitative estimate of drug-likeness (QED) is 0.192. The van der Waals surface area contributed by atoms with E-state index in [0.29, 0.717) is 43.1 Å². The van der Waals surface area contributed by atoms with E-state index in [2.05, 4.69) is 35.9 Å². The molecule has 4 aliphatic heterocycles. The van der Waals surface area contributed by atoms with E-state index < -0.39 is 41.1 Å². The largest absolute Gasteiger partial charge is 0.459 e. The van der Waals surface area contributed by atoms with Crippen molar-refractivity contribution in [1.82, 2.24) is 0 Å². The van der Waals surface area contributed by atoms with Gasteiger partial charge in [0.05, 0.1) is 39.6 Å². The van der Waals surface area contributed by atoms with Crippen molar-refractivity contribution in [3.63, 3.8) is 0 Å². The normalized spacial score (nSPS) is 24.3. The number of halogens is 2. The molecule has 4 rings (SSSR count). The Kier molecular flexibility index (Phi) is 27.7. The maximum atomic E-state index is 11.0. The second-order valence-electron chi connectivity index (χ2n) is 14.1. The van der Waals surface area contributed by atoms with Gasteiger partial charge in [0, 0.05) is 16.7 Å². The average Bonchev–Trinajstić information content (AvgIpc) is 3.82. The molecular weight excluding hydrogens is 775 g/mol. The number of aliphatic hydroxyl groups excluding tert-OH is 2. The molecule has 5 N–H and O–H groups in total. The maximum Gasteiger partial charge on any atom is 0.351 e. The number of carbonyl (C=O) groups is 3. The topological polar surface area (TPSA) is 226 Å². The molecule has 0 bridgehead atoms. The van der Waals surface area contributed by atoms with Crippen LogP contribution in [0.1, 0.15) is 76.2 Å². The molecule has 17 nitrogen and oxygen atoms in total. The van der Waals surface area contributed by atoms with Crippen LogP contribution in [-0.2, 0) is 71.5 Å². The molecule has 4 atom stereocenters. The number of ether oxygens (including phenoxy) is 10. The maximum absolute atomic E-state index is 11.0. The van der Waals surface area contributed by atoms with Crippen molar-refractivity contribution in [2.75, 3.05) is 52.9 Å². The first-order valence-corrected chi connectivity index (χ1v) is 17.2. The third-order valence-electron chi connectivity index (χ3n) is 6.59. The van der Waals surface area contributed by atoms with Gasteiger partial charge in [-0.1, -0.05) is 19.7 Å². The van der Waals surface area contributed by atoms with Crippen LogP contribution in [0.15, 0.2) is 36.5 Å². The molecule has 0 saturated carbocycles. The molecule has 55 heavy (non-hydrogen) atoms. The van der Waals surface area contributed by atoms with E-state index in [4.69, 9.17) is 57.6 Å². The number of rotatable bonds is 9. The lowest BCUT2D eigenvalue weighted by atomic mass is 10.3. The Labute approximate surface area is 336 Å². The van der Waals surface area contributed by atoms with Gasteiger partial charge in [-0.2, -0.15) is 0 Å². The zero-order chi connectivity index (χ0) is 41.2. The fourth-order valence-electron chi connectivity index (χ4n) is 4.05. The van der Waals surface area contributed by atoms with Crippen molar-refractivity contribution in [1.29, 1.82) is 0 Å². The van der Waals surface area contributed by atoms with Crippen LogP contribution in [0.3, 0.4) is 0 Å². The SMILES string of the molecule is C=C(C)C(=O)OCC1COC(C)(C)O1.C=C(C)C(=O)OCC1COC(C)(C)O1.C=C(C)C(=O)OCl.CC1(C)OCC(CO)O1.CC1(C)OCC(CO)O1.Cl.[OH3+]. The Morgan fingerprint density at radius 3 is 0.927 bits per heavy atom. The highest BCUT2D eigenvalue weighted by molar-refractivity contribution is 6.15. The smallest absolute Gasteiger partial charge is 0.351 e. The molecule has 0 aromatic heterocycles. The average molecular weight is 841 g/mol. The fraction of sp³-hybridized carbons (Fsp3) is 0.750. The van der Waals surface area contributed by atoms with Gasteiger partial charge < -0.3 is 67.3 Å². The summed E-state index contributed by atoms with van der Waals surface area (Å²) in [6.07, 6.45) is -0.596. The summed E-state index contributed by atoms with van der Waals surface area (Å²) in [4.78, 5) is 32.1. The van der Waals surface area contributed by atoms with Crippen LogP contribution in [-0.4, -0.2) is 129 Å². The number of aliphatic hydroxyl groups is 2. The predicted octanol–water partition coefficient (Wildman–Crippen LogP) is 3.53. The van der Waals surface area contributed by atoms with Crippen molar-refractivity contribution >= 4 is 42.2 Å². The number of hydrogen-bond donors (Lipinski definition) is 2. The van der Waals surface area contributed by atoms with E-state index in [-0.39, 0.29) is 68.7 Å². The highest BCUT2D eigenvalue weighted by Gasteiger charge is 2.35. The second-order valence-corrected chi connectivity index (χ2v) is 14.2. The molecule has 4 aliphatic rings. The van der Waals surface area contributed by atoms with E-state index in [9.17, 15) is 14.4 Å². The summed E-state index contributed by atoms with van der Waals surface area (Å²) in [5.41, 5.74) is 1.08. The van der Waals surface area contributed by atoms with Crippen LogP contribution >= 0.6 is 24.3 Å². The first-order valence-electron chi connectivity index (χ1n) is 16.9. The van der Waals surface area contributed by atoms with E-state index >= 15 is 0 Å². The van der Waals surface area contributed by atoms with Gasteiger partial charge in [-0.15, -0.1) is 12.4 Å². The predicted molar refractivity (Wildman–Crippen MR) is 204 cm³/mol. The molecule has 0 amide bonds. The molecule has 19 heteroatoms. The molecular formula is C36H65Cl2O17+. The Morgan fingerprint density at radius 1 is 0.564 bits per heavy atom. The summed E-state index contributed by atoms with van der Waals surface area (Å²) in [5.74, 6) is -3.49. The lowest BCUT2D eigenvalue weighted by molar-refractivity contribution is -0.155. The highest BCUT2D eigenvalue weighted by atomic mass is 35.5. The molecule has 0 radical (unpaired) electrons. The van der Waals surface area contributed by atoms with Gasteiger partial charge in [0.15, 0.2) is 23.1 Å². The number of hydrogen-bond acceptors (Lipinski definition) is 16. The molecule has 0 aromatic carbocycles. The van der Waals surface area contributed by atoms with Gasteiger partial charge in [-0.25, -0.2) is 14.4 Å². The van der Waals surface area contributed by atoms with Gasteiger partial charge in [-0.3, -0.25) is 0 Å². The van der Waals surface area contributed by atoms with Gasteiger partial charge in [0.25, 0.3) is 0 Å². The minimum absolute atomic E-state index is 0. The van der Waals surface area contributed by atoms with Crippen molar-refractivity contribution < 1.29 is 81.7 Å². The lowest BCUT2D eigenvalue weighted by Gasteiger charge is -2.16. The van der Waals surface area contributed by atoms with E-state index in [1.165, 1.54) is 6.92 Å². The van der Waals surface area contributed by atoms with Crippen molar-refractivity contribution in [3.05, 3.63) is 36.5 Å². The summed E-state index contributed by atoms with van der Waals surface area (Å²) in [7, 11) is 0. The van der Waals surface area contributed by atoms with Crippen molar-refractivity contribution in [3.8, 4) is 0 Å². The minimum Gasteiger partial charge on any atom is -0.459 e. The third-order valence-corrected chi connectivity index (χ3v) is 6.73. The number of esters is 2. The minimum atomic E-state index is -0.582. The monoisotopic (exact) mass is 839 g/mol. The third kappa shape index (κ3) is 26.3. The van der Waals surface area contributed by atoms with E-state index in [0.717, 1.165) is 0 Å². The molecule has 0 aliphatic carbocycles. The Bertz CT molecular complexity index is 1130. The van der Waals surface area contributed by atoms with E-state index in [1.54, 1.807) is 13.8 Å². The molecule has 0 aromatic rings. The zero-order valence-corrected chi connectivity index (χ0v) is 35.6. The summed E-state index contributed by atoms with van der Waals surface area (Å²) < 4.78 is 55.9. The van der Waals surface area contributed by atoms with Crippen molar-refractivity contribution in [2.45, 2.75) is 124 Å². The van der Waals surface area contributed by atoms with Crippen LogP contribution in [0, 0.1) is 0 Å². The number of carbonyl (C=O) groups excluding carboxylic acids is 3. The van der Waals surface area contributed by atoms with Gasteiger partial charge in [-0.05, 0) is 76.2 Å². The molecule has 4 heterocycles. The Hall–Kier alpha value is -2.23. The summed E-state index contributed by atoms with van der Waals surface area (Å²) in [6, 6.07) is 0. The van der Waals surface area contributed by atoms with Crippen LogP contribution in [0.2, 0.25) is 0 Å². The first-order chi connectivity index (χ1) is 24.3. The van der Waals surface area contributed by atoms with Crippen LogP contribution in [0.4, 0.5) is 0 Å². The molecule has 0 spiro atoms. The standard InChI is InChI=1S/2C10H16O4.2C6H12O3.C4H5ClO2.ClH.H2O/c2*1-7(2)9(11)12-5-8-6-13-10(3,4)14-8;2*1-6(2)8-4-5(3-7)9-6;1-3(2)4(6)7-5;;/h2*8H,1,5-6H2,2-4H3;2*5,7H,3-4H2,1-2H3;1H2,2H3;1H;1H2/p+1. The molecule has 4 unspecified atom stereocenters. The van der Waals surface area contributed by atoms with Gasteiger partial charge in [0.1, 0.15) is 49.5 Å². The van der Waals surface area contributed by atoms with Gasteiger partial charge in [0.2, 0.25) is 0 Å². The van der Waals surface area contributed by atoms with Crippen LogP contribution < -0.4 is 0 Å². The fourth-order valence-corrected chi connectivity index (χ4v) is 4.18. The zero-order valence-electron chi connectivity index (χ0n) is 34.1. The van der Waals surface area contributed by atoms with Gasteiger partial charge >= 0.3 is 17.9 Å². The Balaban J connectivity index is -0.000000624. The Morgan fingerprint density at radius 2 is 0.800 bits per heavy atom. The first kappa shape index (κ1) is 57.1. The summed E-state index contributed by atoms with van der Waals surface area (Å²) >= 11 is 4.64. The molecule has 4 fully saturated rings. The molecule has 4 saturated heterocycles. The van der Waals surface area contributed by atoms with E-state index in [1.807, 2.05) is 55.4 Å². The van der Waals surface area contributed by atoms with Crippen LogP contribution in [0.25, 0.3) is 0 Å².